The average Bonchev–Trinajstić information content (AvgIpc) is 2.55. The van der Waals surface area contributed by atoms with Gasteiger partial charge < -0.3 is 4.40 Å². The van der Waals surface area contributed by atoms with Gasteiger partial charge in [0.15, 0.2) is 0 Å². The molecule has 0 aliphatic heterocycles. The standard InChI is InChI=1S/C12H10N2/c1-9-10-5-2-3-6-11(10)14-8-4-7-13-12(9)14/h2-8H,1H3. The van der Waals surface area contributed by atoms with E-state index in [1.54, 1.807) is 0 Å². The Bertz CT molecular complexity index is 555. The van der Waals surface area contributed by atoms with E-state index >= 15 is 0 Å². The SMILES string of the molecule is Cc1c2ccccc2n2cccnc12. The van der Waals surface area contributed by atoms with Crippen LogP contribution in [0.3, 0.4) is 0 Å². The molecule has 0 unspecified atom stereocenters. The van der Waals surface area contributed by atoms with E-state index in [-0.39, 0.29) is 0 Å². The Morgan fingerprint density at radius 2 is 2.00 bits per heavy atom. The molecule has 0 spiro atoms. The van der Waals surface area contributed by atoms with Gasteiger partial charge in [-0.15, -0.1) is 0 Å². The van der Waals surface area contributed by atoms with Crippen molar-refractivity contribution in [2.24, 2.45) is 0 Å². The zero-order chi connectivity index (χ0) is 9.54. The first kappa shape index (κ1) is 7.56. The normalized spacial score (nSPS) is 11.2. The molecule has 68 valence electrons. The van der Waals surface area contributed by atoms with Crippen molar-refractivity contribution >= 4 is 16.6 Å². The zero-order valence-electron chi connectivity index (χ0n) is 7.94. The third-order valence-corrected chi connectivity index (χ3v) is 2.65. The zero-order valence-corrected chi connectivity index (χ0v) is 7.94. The third-order valence-electron chi connectivity index (χ3n) is 2.65. The summed E-state index contributed by atoms with van der Waals surface area (Å²) < 4.78 is 2.13. The molecular weight excluding hydrogens is 172 g/mol. The Morgan fingerprint density at radius 1 is 1.14 bits per heavy atom. The first-order valence-electron chi connectivity index (χ1n) is 4.68. The minimum atomic E-state index is 1.05. The van der Waals surface area contributed by atoms with Crippen molar-refractivity contribution in [3.63, 3.8) is 0 Å². The molecule has 3 rings (SSSR count). The number of hydrogen-bond donors (Lipinski definition) is 0. The topological polar surface area (TPSA) is 17.3 Å². The van der Waals surface area contributed by atoms with Gasteiger partial charge in [0.1, 0.15) is 5.65 Å². The maximum atomic E-state index is 4.38. The summed E-state index contributed by atoms with van der Waals surface area (Å²) in [6.45, 7) is 2.12. The molecule has 0 saturated carbocycles. The van der Waals surface area contributed by atoms with Gasteiger partial charge in [-0.3, -0.25) is 0 Å². The molecule has 0 aliphatic carbocycles. The predicted octanol–water partition coefficient (Wildman–Crippen LogP) is 2.80. The second-order valence-electron chi connectivity index (χ2n) is 3.46. The number of para-hydroxylation sites is 1. The Balaban J connectivity index is 2.69. The van der Waals surface area contributed by atoms with Crippen molar-refractivity contribution in [2.75, 3.05) is 0 Å². The van der Waals surface area contributed by atoms with Crippen LogP contribution in [-0.2, 0) is 0 Å². The summed E-state index contributed by atoms with van der Waals surface area (Å²) >= 11 is 0. The molecule has 0 amide bonds. The van der Waals surface area contributed by atoms with Gasteiger partial charge in [0.25, 0.3) is 0 Å². The number of rotatable bonds is 0. The molecule has 0 fully saturated rings. The van der Waals surface area contributed by atoms with Gasteiger partial charge in [-0.25, -0.2) is 4.98 Å². The van der Waals surface area contributed by atoms with Crippen molar-refractivity contribution in [2.45, 2.75) is 6.92 Å². The first-order chi connectivity index (χ1) is 6.88. The lowest BCUT2D eigenvalue weighted by molar-refractivity contribution is 1.16. The van der Waals surface area contributed by atoms with E-state index in [0.29, 0.717) is 0 Å². The maximum Gasteiger partial charge on any atom is 0.140 e. The van der Waals surface area contributed by atoms with Crippen LogP contribution in [0, 0.1) is 6.92 Å². The summed E-state index contributed by atoms with van der Waals surface area (Å²) in [5.74, 6) is 0. The van der Waals surface area contributed by atoms with Crippen LogP contribution in [0.4, 0.5) is 0 Å². The largest absolute Gasteiger partial charge is 0.301 e. The Hall–Kier alpha value is -1.83. The summed E-state index contributed by atoms with van der Waals surface area (Å²) in [7, 11) is 0. The molecule has 14 heavy (non-hydrogen) atoms. The monoisotopic (exact) mass is 182 g/mol. The number of benzene rings is 1. The van der Waals surface area contributed by atoms with E-state index in [4.69, 9.17) is 0 Å². The molecule has 0 radical (unpaired) electrons. The van der Waals surface area contributed by atoms with Crippen molar-refractivity contribution in [3.8, 4) is 0 Å². The Kier molecular flexibility index (Phi) is 1.39. The minimum Gasteiger partial charge on any atom is -0.301 e. The predicted molar refractivity (Wildman–Crippen MR) is 57.4 cm³/mol. The fraction of sp³-hybridized carbons (Fsp3) is 0.0833. The second kappa shape index (κ2) is 2.58. The molecule has 2 aromatic heterocycles. The maximum absolute atomic E-state index is 4.38. The Labute approximate surface area is 81.8 Å². The van der Waals surface area contributed by atoms with Crippen LogP contribution in [0.25, 0.3) is 16.6 Å². The first-order valence-corrected chi connectivity index (χ1v) is 4.68. The van der Waals surface area contributed by atoms with Crippen molar-refractivity contribution in [1.82, 2.24) is 9.38 Å². The molecule has 3 aromatic rings. The fourth-order valence-electron chi connectivity index (χ4n) is 1.96. The fourth-order valence-corrected chi connectivity index (χ4v) is 1.96. The number of nitrogens with zero attached hydrogens (tertiary/aromatic N) is 2. The van der Waals surface area contributed by atoms with E-state index < -0.39 is 0 Å². The summed E-state index contributed by atoms with van der Waals surface area (Å²) in [5, 5.41) is 1.28. The van der Waals surface area contributed by atoms with E-state index in [1.165, 1.54) is 16.5 Å². The van der Waals surface area contributed by atoms with E-state index in [9.17, 15) is 0 Å². The summed E-state index contributed by atoms with van der Waals surface area (Å²) in [5.41, 5.74) is 3.53. The summed E-state index contributed by atoms with van der Waals surface area (Å²) in [6, 6.07) is 10.3. The van der Waals surface area contributed by atoms with Crippen molar-refractivity contribution < 1.29 is 0 Å². The lowest BCUT2D eigenvalue weighted by Gasteiger charge is -1.93. The summed E-state index contributed by atoms with van der Waals surface area (Å²) in [4.78, 5) is 4.38. The van der Waals surface area contributed by atoms with Crippen LogP contribution < -0.4 is 0 Å². The van der Waals surface area contributed by atoms with Gasteiger partial charge in [0, 0.05) is 23.3 Å². The molecule has 1 aromatic carbocycles. The molecule has 0 bridgehead atoms. The minimum absolute atomic E-state index is 1.05. The highest BCUT2D eigenvalue weighted by Crippen LogP contribution is 2.23. The highest BCUT2D eigenvalue weighted by atomic mass is 15.0. The van der Waals surface area contributed by atoms with E-state index in [2.05, 4.69) is 46.8 Å². The Morgan fingerprint density at radius 3 is 2.93 bits per heavy atom. The van der Waals surface area contributed by atoms with Crippen LogP contribution >= 0.6 is 0 Å². The molecule has 0 aliphatic rings. The van der Waals surface area contributed by atoms with Crippen LogP contribution in [-0.4, -0.2) is 9.38 Å². The number of fused-ring (bicyclic) bond motifs is 3. The molecule has 2 heterocycles. The van der Waals surface area contributed by atoms with Crippen LogP contribution in [0.1, 0.15) is 5.56 Å². The quantitative estimate of drug-likeness (QED) is 0.522. The molecule has 2 nitrogen and oxygen atoms in total. The van der Waals surface area contributed by atoms with E-state index in [0.717, 1.165) is 5.65 Å². The van der Waals surface area contributed by atoms with Gasteiger partial charge >= 0.3 is 0 Å². The smallest absolute Gasteiger partial charge is 0.140 e. The van der Waals surface area contributed by atoms with Gasteiger partial charge in [-0.2, -0.15) is 0 Å². The number of aromatic nitrogens is 2. The molecule has 2 heteroatoms. The molecule has 0 atom stereocenters. The van der Waals surface area contributed by atoms with Crippen LogP contribution in [0.2, 0.25) is 0 Å². The number of hydrogen-bond acceptors (Lipinski definition) is 1. The number of aryl methyl sites for hydroxylation is 1. The van der Waals surface area contributed by atoms with Gasteiger partial charge in [0.2, 0.25) is 0 Å². The highest BCUT2D eigenvalue weighted by Gasteiger charge is 2.06. The molecule has 0 N–H and O–H groups in total. The van der Waals surface area contributed by atoms with Crippen LogP contribution in [0.5, 0.6) is 0 Å². The third kappa shape index (κ3) is 0.826. The summed E-state index contributed by atoms with van der Waals surface area (Å²) in [6.07, 6.45) is 3.89. The van der Waals surface area contributed by atoms with Crippen LogP contribution in [0.15, 0.2) is 42.7 Å². The highest BCUT2D eigenvalue weighted by molar-refractivity contribution is 5.90. The van der Waals surface area contributed by atoms with Gasteiger partial charge in [-0.05, 0) is 19.1 Å². The average molecular weight is 182 g/mol. The van der Waals surface area contributed by atoms with E-state index in [1.807, 2.05) is 12.3 Å². The van der Waals surface area contributed by atoms with Gasteiger partial charge in [0.05, 0.1) is 5.52 Å². The molecular formula is C12H10N2. The van der Waals surface area contributed by atoms with Crippen molar-refractivity contribution in [1.29, 1.82) is 0 Å². The molecule has 0 saturated heterocycles. The lowest BCUT2D eigenvalue weighted by atomic mass is 10.2. The lowest BCUT2D eigenvalue weighted by Crippen LogP contribution is -1.84. The second-order valence-corrected chi connectivity index (χ2v) is 3.46. The van der Waals surface area contributed by atoms with Crippen molar-refractivity contribution in [3.05, 3.63) is 48.3 Å². The van der Waals surface area contributed by atoms with Gasteiger partial charge in [-0.1, -0.05) is 18.2 Å².